The molecule has 34 heavy (non-hydrogen) atoms. The van der Waals surface area contributed by atoms with Gasteiger partial charge in [-0.15, -0.1) is 0 Å². The third-order valence-electron chi connectivity index (χ3n) is 5.61. The summed E-state index contributed by atoms with van der Waals surface area (Å²) in [5.74, 6) is 0.641. The second-order valence-electron chi connectivity index (χ2n) is 7.74. The Morgan fingerprint density at radius 1 is 1.03 bits per heavy atom. The SMILES string of the molecule is O=C1N=C(N2CCN(c3ccccc3)CC2)S/C1=C/c1ccc(-c2ccc([N+](=O)[O-])cc2Cl)o1. The number of amidine groups is 1. The Bertz CT molecular complexity index is 1310. The summed E-state index contributed by atoms with van der Waals surface area (Å²) in [6, 6.07) is 17.9. The number of non-ortho nitro benzene ring substituents is 1. The summed E-state index contributed by atoms with van der Waals surface area (Å²) >= 11 is 7.54. The Morgan fingerprint density at radius 3 is 2.47 bits per heavy atom. The summed E-state index contributed by atoms with van der Waals surface area (Å²) in [6.07, 6.45) is 1.66. The molecule has 172 valence electrons. The molecule has 2 aliphatic heterocycles. The third-order valence-corrected chi connectivity index (χ3v) is 6.97. The number of hydrogen-bond acceptors (Lipinski definition) is 7. The number of nitro benzene ring substituents is 1. The van der Waals surface area contributed by atoms with Gasteiger partial charge in [0, 0.05) is 55.6 Å². The first-order valence-corrected chi connectivity index (χ1v) is 11.8. The Balaban J connectivity index is 1.25. The van der Waals surface area contributed by atoms with Crippen molar-refractivity contribution in [3.63, 3.8) is 0 Å². The van der Waals surface area contributed by atoms with E-state index in [0.29, 0.717) is 27.2 Å². The average Bonchev–Trinajstić information content (AvgIpc) is 3.46. The molecule has 0 saturated carbocycles. The van der Waals surface area contributed by atoms with Crippen LogP contribution in [-0.2, 0) is 4.79 Å². The number of nitrogens with zero attached hydrogens (tertiary/aromatic N) is 4. The number of piperazine rings is 1. The van der Waals surface area contributed by atoms with Gasteiger partial charge in [0.05, 0.1) is 14.9 Å². The maximum absolute atomic E-state index is 12.5. The lowest BCUT2D eigenvalue weighted by Crippen LogP contribution is -2.47. The van der Waals surface area contributed by atoms with E-state index in [4.69, 9.17) is 16.0 Å². The fraction of sp³-hybridized carbons (Fsp3) is 0.167. The van der Waals surface area contributed by atoms with Crippen molar-refractivity contribution < 1.29 is 14.1 Å². The normalized spacial score (nSPS) is 17.4. The van der Waals surface area contributed by atoms with Crippen molar-refractivity contribution in [2.24, 2.45) is 4.99 Å². The summed E-state index contributed by atoms with van der Waals surface area (Å²) in [5, 5.41) is 11.8. The second-order valence-corrected chi connectivity index (χ2v) is 9.16. The number of rotatable bonds is 4. The van der Waals surface area contributed by atoms with Crippen molar-refractivity contribution >= 4 is 51.9 Å². The van der Waals surface area contributed by atoms with Crippen LogP contribution in [0.25, 0.3) is 17.4 Å². The molecule has 5 rings (SSSR count). The Hall–Kier alpha value is -3.56. The molecular weight excluding hydrogens is 476 g/mol. The van der Waals surface area contributed by atoms with Gasteiger partial charge in [-0.2, -0.15) is 4.99 Å². The molecule has 2 aliphatic rings. The first-order valence-electron chi connectivity index (χ1n) is 10.6. The topological polar surface area (TPSA) is 92.2 Å². The van der Waals surface area contributed by atoms with Gasteiger partial charge >= 0.3 is 0 Å². The quantitative estimate of drug-likeness (QED) is 0.276. The van der Waals surface area contributed by atoms with Crippen LogP contribution in [0.4, 0.5) is 11.4 Å². The predicted molar refractivity (Wildman–Crippen MR) is 134 cm³/mol. The van der Waals surface area contributed by atoms with Crippen LogP contribution in [-0.4, -0.2) is 47.1 Å². The van der Waals surface area contributed by atoms with Crippen LogP contribution in [0.15, 0.2) is 75.0 Å². The smallest absolute Gasteiger partial charge is 0.286 e. The minimum atomic E-state index is -0.504. The van der Waals surface area contributed by atoms with Crippen molar-refractivity contribution in [1.82, 2.24) is 4.90 Å². The van der Waals surface area contributed by atoms with Crippen LogP contribution in [0.3, 0.4) is 0 Å². The minimum absolute atomic E-state index is 0.0927. The molecule has 1 aromatic heterocycles. The molecule has 0 spiro atoms. The molecule has 1 amide bonds. The van der Waals surface area contributed by atoms with Crippen LogP contribution in [0.2, 0.25) is 5.02 Å². The Morgan fingerprint density at radius 2 is 1.76 bits per heavy atom. The van der Waals surface area contributed by atoms with Gasteiger partial charge < -0.3 is 14.2 Å². The molecule has 0 N–H and O–H groups in total. The van der Waals surface area contributed by atoms with Gasteiger partial charge in [0.1, 0.15) is 11.5 Å². The highest BCUT2D eigenvalue weighted by molar-refractivity contribution is 8.18. The summed E-state index contributed by atoms with van der Waals surface area (Å²) < 4.78 is 5.84. The van der Waals surface area contributed by atoms with E-state index in [2.05, 4.69) is 26.9 Å². The molecule has 3 aromatic rings. The van der Waals surface area contributed by atoms with E-state index in [1.54, 1.807) is 24.3 Å². The highest BCUT2D eigenvalue weighted by atomic mass is 35.5. The minimum Gasteiger partial charge on any atom is -0.457 e. The number of furan rings is 1. The lowest BCUT2D eigenvalue weighted by molar-refractivity contribution is -0.384. The summed E-state index contributed by atoms with van der Waals surface area (Å²) in [6.45, 7) is 3.28. The number of aliphatic imine (C=N–C) groups is 1. The van der Waals surface area contributed by atoms with Gasteiger partial charge in [-0.3, -0.25) is 14.9 Å². The second kappa shape index (κ2) is 9.36. The summed E-state index contributed by atoms with van der Waals surface area (Å²) in [7, 11) is 0. The number of anilines is 1. The van der Waals surface area contributed by atoms with Crippen LogP contribution < -0.4 is 4.90 Å². The van der Waals surface area contributed by atoms with Crippen molar-refractivity contribution in [2.45, 2.75) is 0 Å². The number of halogens is 1. The van der Waals surface area contributed by atoms with E-state index in [1.165, 1.54) is 29.6 Å². The van der Waals surface area contributed by atoms with E-state index >= 15 is 0 Å². The van der Waals surface area contributed by atoms with Crippen molar-refractivity contribution in [1.29, 1.82) is 0 Å². The van der Waals surface area contributed by atoms with Crippen molar-refractivity contribution in [3.05, 3.63) is 86.5 Å². The number of nitro groups is 1. The van der Waals surface area contributed by atoms with E-state index in [1.807, 2.05) is 18.2 Å². The zero-order valence-electron chi connectivity index (χ0n) is 17.9. The monoisotopic (exact) mass is 494 g/mol. The Labute approximate surface area is 204 Å². The van der Waals surface area contributed by atoms with Gasteiger partial charge in [-0.05, 0) is 42.1 Å². The molecule has 0 aliphatic carbocycles. The van der Waals surface area contributed by atoms with E-state index in [0.717, 1.165) is 26.2 Å². The van der Waals surface area contributed by atoms with Crippen LogP contribution >= 0.6 is 23.4 Å². The third kappa shape index (κ3) is 4.57. The van der Waals surface area contributed by atoms with Crippen LogP contribution in [0.5, 0.6) is 0 Å². The summed E-state index contributed by atoms with van der Waals surface area (Å²) in [5.41, 5.74) is 1.64. The molecule has 0 unspecified atom stereocenters. The predicted octanol–water partition coefficient (Wildman–Crippen LogP) is 5.30. The maximum atomic E-state index is 12.5. The molecule has 1 saturated heterocycles. The molecule has 3 heterocycles. The van der Waals surface area contributed by atoms with Gasteiger partial charge in [0.25, 0.3) is 11.6 Å². The number of thioether (sulfide) groups is 1. The molecule has 0 radical (unpaired) electrons. The maximum Gasteiger partial charge on any atom is 0.286 e. The lowest BCUT2D eigenvalue weighted by Gasteiger charge is -2.36. The number of carbonyl (C=O) groups is 1. The number of hydrogen-bond donors (Lipinski definition) is 0. The van der Waals surface area contributed by atoms with Gasteiger partial charge in [0.2, 0.25) is 0 Å². The fourth-order valence-corrected chi connectivity index (χ4v) is 5.06. The van der Waals surface area contributed by atoms with Crippen molar-refractivity contribution in [2.75, 3.05) is 31.1 Å². The lowest BCUT2D eigenvalue weighted by atomic mass is 10.1. The molecular formula is C24H19ClN4O4S. The highest BCUT2D eigenvalue weighted by Gasteiger charge is 2.29. The number of para-hydroxylation sites is 1. The molecule has 0 bridgehead atoms. The zero-order valence-corrected chi connectivity index (χ0v) is 19.5. The van der Waals surface area contributed by atoms with Crippen molar-refractivity contribution in [3.8, 4) is 11.3 Å². The summed E-state index contributed by atoms with van der Waals surface area (Å²) in [4.78, 5) is 32.1. The fourth-order valence-electron chi connectivity index (χ4n) is 3.85. The van der Waals surface area contributed by atoms with Crippen LogP contribution in [0.1, 0.15) is 5.76 Å². The highest BCUT2D eigenvalue weighted by Crippen LogP contribution is 2.35. The Kier molecular flexibility index (Phi) is 6.12. The molecule has 0 atom stereocenters. The van der Waals surface area contributed by atoms with Gasteiger partial charge in [0.15, 0.2) is 5.17 Å². The first-order chi connectivity index (χ1) is 16.5. The molecule has 2 aromatic carbocycles. The molecule has 1 fully saturated rings. The average molecular weight is 495 g/mol. The number of amides is 1. The van der Waals surface area contributed by atoms with Gasteiger partial charge in [-0.25, -0.2) is 0 Å². The number of carbonyl (C=O) groups excluding carboxylic acids is 1. The van der Waals surface area contributed by atoms with Gasteiger partial charge in [-0.1, -0.05) is 29.8 Å². The first kappa shape index (κ1) is 22.2. The van der Waals surface area contributed by atoms with E-state index < -0.39 is 4.92 Å². The number of benzene rings is 2. The molecule has 8 nitrogen and oxygen atoms in total. The zero-order chi connectivity index (χ0) is 23.7. The van der Waals surface area contributed by atoms with E-state index in [-0.39, 0.29) is 16.6 Å². The largest absolute Gasteiger partial charge is 0.457 e. The molecule has 10 heteroatoms. The standard InChI is InChI=1S/C24H19ClN4O4S/c25-20-14-17(29(31)32)6-8-19(20)21-9-7-18(33-21)15-22-23(30)26-24(34-22)28-12-10-27(11-13-28)16-4-2-1-3-5-16/h1-9,14-15H,10-13H2/b22-15+. The van der Waals surface area contributed by atoms with E-state index in [9.17, 15) is 14.9 Å². The van der Waals surface area contributed by atoms with Crippen LogP contribution in [0, 0.1) is 10.1 Å².